The van der Waals surface area contributed by atoms with E-state index >= 15 is 0 Å². The molecule has 0 amide bonds. The number of hydrogen-bond acceptors (Lipinski definition) is 4. The van der Waals surface area contributed by atoms with Crippen molar-refractivity contribution in [3.8, 4) is 0 Å². The highest BCUT2D eigenvalue weighted by Gasteiger charge is 2.35. The van der Waals surface area contributed by atoms with Gasteiger partial charge in [-0.05, 0) is 0 Å². The number of carboxylic acid groups (broad SMARTS) is 1. The lowest BCUT2D eigenvalue weighted by Crippen LogP contribution is -2.40. The number of nitro groups is 1. The molecule has 0 fully saturated rings. The Kier molecular flexibility index (Phi) is 3.35. The van der Waals surface area contributed by atoms with Crippen molar-refractivity contribution in [3.63, 3.8) is 0 Å². The summed E-state index contributed by atoms with van der Waals surface area (Å²) in [5, 5.41) is 19.3. The zero-order valence-electron chi connectivity index (χ0n) is 7.74. The normalized spacial score (nSPS) is 14.2. The molecular formula is C9H10N2O4. The Bertz CT molecular complexity index is 366. The summed E-state index contributed by atoms with van der Waals surface area (Å²) in [6.07, 6.45) is 0. The molecule has 6 heteroatoms. The maximum absolute atomic E-state index is 10.7. The van der Waals surface area contributed by atoms with E-state index in [9.17, 15) is 14.9 Å². The minimum Gasteiger partial charge on any atom is -0.480 e. The fourth-order valence-electron chi connectivity index (χ4n) is 1.25. The second-order valence-electron chi connectivity index (χ2n) is 3.00. The molecule has 0 saturated carbocycles. The number of nitrogens with zero attached hydrogens (tertiary/aromatic N) is 1. The molecule has 0 aliphatic heterocycles. The van der Waals surface area contributed by atoms with Crippen molar-refractivity contribution < 1.29 is 14.8 Å². The largest absolute Gasteiger partial charge is 0.480 e. The van der Waals surface area contributed by atoms with Crippen LogP contribution in [0, 0.1) is 10.1 Å². The van der Waals surface area contributed by atoms with Gasteiger partial charge in [-0.2, -0.15) is 0 Å². The molecule has 0 spiro atoms. The molecule has 0 heterocycles. The number of nitrogens with two attached hydrogens (primary N) is 1. The smallest absolute Gasteiger partial charge is 0.328 e. The van der Waals surface area contributed by atoms with E-state index in [4.69, 9.17) is 10.8 Å². The fourth-order valence-corrected chi connectivity index (χ4v) is 1.25. The first-order valence-electron chi connectivity index (χ1n) is 4.21. The topological polar surface area (TPSA) is 106 Å². The van der Waals surface area contributed by atoms with Crippen LogP contribution in [0.1, 0.15) is 11.6 Å². The van der Waals surface area contributed by atoms with Crippen molar-refractivity contribution in [2.75, 3.05) is 0 Å². The van der Waals surface area contributed by atoms with Gasteiger partial charge in [0.1, 0.15) is 0 Å². The lowest BCUT2D eigenvalue weighted by atomic mass is 10.0. The molecule has 1 unspecified atom stereocenters. The van der Waals surface area contributed by atoms with Crippen LogP contribution in [-0.2, 0) is 4.79 Å². The van der Waals surface area contributed by atoms with Gasteiger partial charge in [-0.25, -0.2) is 0 Å². The van der Waals surface area contributed by atoms with Gasteiger partial charge in [-0.15, -0.1) is 0 Å². The van der Waals surface area contributed by atoms with Gasteiger partial charge in [0.15, 0.2) is 6.04 Å². The Labute approximate surface area is 85.5 Å². The average Bonchev–Trinajstić information content (AvgIpc) is 2.18. The van der Waals surface area contributed by atoms with Crippen LogP contribution in [0.25, 0.3) is 0 Å². The lowest BCUT2D eigenvalue weighted by molar-refractivity contribution is -0.530. The monoisotopic (exact) mass is 210 g/mol. The van der Waals surface area contributed by atoms with Crippen LogP contribution in [0.2, 0.25) is 0 Å². The van der Waals surface area contributed by atoms with Crippen LogP contribution in [0.3, 0.4) is 0 Å². The Morgan fingerprint density at radius 1 is 1.40 bits per heavy atom. The maximum atomic E-state index is 10.7. The summed E-state index contributed by atoms with van der Waals surface area (Å²) in [4.78, 5) is 20.6. The summed E-state index contributed by atoms with van der Waals surface area (Å²) in [5.74, 6) is -1.39. The summed E-state index contributed by atoms with van der Waals surface area (Å²) in [6.45, 7) is 0. The van der Waals surface area contributed by atoms with Gasteiger partial charge in [0.05, 0.1) is 0 Å². The number of carbonyl (C=O) groups is 1. The number of aliphatic carboxylic acids is 1. The molecule has 2 atom stereocenters. The summed E-state index contributed by atoms with van der Waals surface area (Å²) in [6, 6.07) is 4.89. The van der Waals surface area contributed by atoms with Crippen LogP contribution in [-0.4, -0.2) is 22.0 Å². The molecule has 3 N–H and O–H groups in total. The third kappa shape index (κ3) is 2.50. The number of hydrogen-bond donors (Lipinski definition) is 2. The van der Waals surface area contributed by atoms with Crippen molar-refractivity contribution in [1.82, 2.24) is 0 Å². The Hall–Kier alpha value is -1.95. The standard InChI is InChI=1S/C9H10N2O4/c10-7(9(12)13)8(11(14)15)6-4-2-1-3-5-6/h1-5,7-8H,10H2,(H,12,13)/t7?,8-/m1/s1. The maximum Gasteiger partial charge on any atom is 0.328 e. The summed E-state index contributed by atoms with van der Waals surface area (Å²) in [5.41, 5.74) is 5.54. The number of benzene rings is 1. The molecule has 0 saturated heterocycles. The fraction of sp³-hybridized carbons (Fsp3) is 0.222. The van der Waals surface area contributed by atoms with E-state index in [1.165, 1.54) is 12.1 Å². The zero-order valence-corrected chi connectivity index (χ0v) is 7.74. The molecule has 0 bridgehead atoms. The molecule has 1 aromatic rings. The first-order chi connectivity index (χ1) is 7.04. The zero-order chi connectivity index (χ0) is 11.4. The van der Waals surface area contributed by atoms with Crippen LogP contribution in [0.5, 0.6) is 0 Å². The van der Waals surface area contributed by atoms with E-state index in [-0.39, 0.29) is 5.56 Å². The third-order valence-corrected chi connectivity index (χ3v) is 1.99. The van der Waals surface area contributed by atoms with Gasteiger partial charge in [-0.1, -0.05) is 30.3 Å². The van der Waals surface area contributed by atoms with E-state index in [1.807, 2.05) is 0 Å². The minimum atomic E-state index is -1.54. The van der Waals surface area contributed by atoms with Crippen LogP contribution in [0.15, 0.2) is 30.3 Å². The molecule has 0 aliphatic carbocycles. The minimum absolute atomic E-state index is 0.289. The Balaban J connectivity index is 3.04. The summed E-state index contributed by atoms with van der Waals surface area (Å²) in [7, 11) is 0. The van der Waals surface area contributed by atoms with Crippen molar-refractivity contribution in [2.45, 2.75) is 12.1 Å². The molecule has 0 radical (unpaired) electrons. The van der Waals surface area contributed by atoms with Crippen molar-refractivity contribution in [1.29, 1.82) is 0 Å². The first kappa shape index (κ1) is 11.1. The van der Waals surface area contributed by atoms with Gasteiger partial charge in [-0.3, -0.25) is 14.9 Å². The van der Waals surface area contributed by atoms with Gasteiger partial charge in [0, 0.05) is 10.5 Å². The van der Waals surface area contributed by atoms with E-state index in [2.05, 4.69) is 0 Å². The number of carboxylic acids is 1. The third-order valence-electron chi connectivity index (χ3n) is 1.99. The average molecular weight is 210 g/mol. The van der Waals surface area contributed by atoms with Crippen molar-refractivity contribution in [3.05, 3.63) is 46.0 Å². The summed E-state index contributed by atoms with van der Waals surface area (Å²) < 4.78 is 0. The van der Waals surface area contributed by atoms with E-state index in [1.54, 1.807) is 18.2 Å². The molecular weight excluding hydrogens is 200 g/mol. The van der Waals surface area contributed by atoms with Gasteiger partial charge >= 0.3 is 5.97 Å². The van der Waals surface area contributed by atoms with Gasteiger partial charge in [0.2, 0.25) is 0 Å². The molecule has 0 aliphatic rings. The van der Waals surface area contributed by atoms with Gasteiger partial charge in [0.25, 0.3) is 6.04 Å². The highest BCUT2D eigenvalue weighted by atomic mass is 16.6. The quantitative estimate of drug-likeness (QED) is 0.553. The lowest BCUT2D eigenvalue weighted by Gasteiger charge is -2.13. The van der Waals surface area contributed by atoms with Crippen molar-refractivity contribution >= 4 is 5.97 Å². The van der Waals surface area contributed by atoms with Crippen molar-refractivity contribution in [2.24, 2.45) is 5.73 Å². The van der Waals surface area contributed by atoms with E-state index in [0.29, 0.717) is 0 Å². The molecule has 80 valence electrons. The highest BCUT2D eigenvalue weighted by molar-refractivity contribution is 5.74. The Morgan fingerprint density at radius 2 is 1.93 bits per heavy atom. The predicted molar refractivity (Wildman–Crippen MR) is 51.8 cm³/mol. The SMILES string of the molecule is NC(C(=O)O)[C@@H](c1ccccc1)[N+](=O)[O-]. The molecule has 6 nitrogen and oxygen atoms in total. The highest BCUT2D eigenvalue weighted by Crippen LogP contribution is 2.19. The first-order valence-corrected chi connectivity index (χ1v) is 4.21. The predicted octanol–water partition coefficient (Wildman–Crippen LogP) is 0.416. The second-order valence-corrected chi connectivity index (χ2v) is 3.00. The second kappa shape index (κ2) is 4.52. The molecule has 0 aromatic heterocycles. The Morgan fingerprint density at radius 3 is 2.33 bits per heavy atom. The van der Waals surface area contributed by atoms with Gasteiger partial charge < -0.3 is 10.8 Å². The van der Waals surface area contributed by atoms with E-state index < -0.39 is 23.0 Å². The molecule has 1 aromatic carbocycles. The number of rotatable bonds is 4. The summed E-state index contributed by atoms with van der Waals surface area (Å²) >= 11 is 0. The van der Waals surface area contributed by atoms with E-state index in [0.717, 1.165) is 0 Å². The molecule has 15 heavy (non-hydrogen) atoms. The van der Waals surface area contributed by atoms with Crippen LogP contribution < -0.4 is 5.73 Å². The van der Waals surface area contributed by atoms with Crippen LogP contribution >= 0.6 is 0 Å². The van der Waals surface area contributed by atoms with Crippen LogP contribution in [0.4, 0.5) is 0 Å². The molecule has 1 rings (SSSR count).